The summed E-state index contributed by atoms with van der Waals surface area (Å²) in [5, 5.41) is 13.7. The molecule has 2 aromatic rings. The molecule has 48 heavy (non-hydrogen) atoms. The zero-order valence-electron chi connectivity index (χ0n) is 27.6. The number of fused-ring (bicyclic) bond motifs is 2. The van der Waals surface area contributed by atoms with Crippen LogP contribution in [0.5, 0.6) is 0 Å². The zero-order valence-corrected chi connectivity index (χ0v) is 29.2. The van der Waals surface area contributed by atoms with Gasteiger partial charge in [-0.2, -0.15) is 0 Å². The number of amides is 3. The molecule has 0 aromatic heterocycles. The molecule has 4 aliphatic heterocycles. The van der Waals surface area contributed by atoms with Gasteiger partial charge in [-0.05, 0) is 49.0 Å². The fourth-order valence-corrected chi connectivity index (χ4v) is 8.54. The molecule has 3 amide bonds. The van der Waals surface area contributed by atoms with E-state index in [4.69, 9.17) is 9.47 Å². The summed E-state index contributed by atoms with van der Waals surface area (Å²) in [6.45, 7) is 7.35. The number of hydrogen-bond donors (Lipinski definition) is 2. The monoisotopic (exact) mass is 719 g/mol. The number of nitrogens with zero attached hydrogens (tertiary/aromatic N) is 2. The number of rotatable bonds is 5. The normalized spacial score (nSPS) is 30.6. The van der Waals surface area contributed by atoms with Crippen LogP contribution in [0.4, 0.5) is 5.69 Å². The van der Waals surface area contributed by atoms with Crippen molar-refractivity contribution < 1.29 is 33.8 Å². The summed E-state index contributed by atoms with van der Waals surface area (Å²) in [6, 6.07) is 12.4. The molecule has 4 heterocycles. The third-order valence-electron chi connectivity index (χ3n) is 10.1. The third kappa shape index (κ3) is 5.79. The summed E-state index contributed by atoms with van der Waals surface area (Å²) >= 11 is 3.62. The van der Waals surface area contributed by atoms with Gasteiger partial charge in [0.15, 0.2) is 0 Å². The molecule has 4 aliphatic rings. The predicted octanol–water partition coefficient (Wildman–Crippen LogP) is 4.28. The van der Waals surface area contributed by atoms with Crippen LogP contribution in [-0.4, -0.2) is 77.2 Å². The van der Waals surface area contributed by atoms with Gasteiger partial charge in [0.05, 0.1) is 30.5 Å². The van der Waals surface area contributed by atoms with E-state index in [0.717, 1.165) is 16.7 Å². The Morgan fingerprint density at radius 2 is 1.71 bits per heavy atom. The van der Waals surface area contributed by atoms with Gasteiger partial charge in [0, 0.05) is 23.1 Å². The molecule has 2 saturated heterocycles. The van der Waals surface area contributed by atoms with Crippen molar-refractivity contribution in [3.05, 3.63) is 87.9 Å². The Kier molecular flexibility index (Phi) is 9.66. The second kappa shape index (κ2) is 13.6. The van der Waals surface area contributed by atoms with E-state index >= 15 is 4.79 Å². The highest BCUT2D eigenvalue weighted by Crippen LogP contribution is 2.59. The molecule has 1 spiro atoms. The Morgan fingerprint density at radius 3 is 2.38 bits per heavy atom. The van der Waals surface area contributed by atoms with Crippen molar-refractivity contribution in [1.82, 2.24) is 10.2 Å². The summed E-state index contributed by atoms with van der Waals surface area (Å²) in [5.41, 5.74) is 1.72. The van der Waals surface area contributed by atoms with Crippen molar-refractivity contribution in [2.24, 2.45) is 17.8 Å². The number of aryl methyl sites for hydroxylation is 2. The molecule has 0 unspecified atom stereocenters. The molecule has 2 fully saturated rings. The number of para-hydroxylation sites is 1. The Hall–Kier alpha value is -3.80. The van der Waals surface area contributed by atoms with E-state index in [2.05, 4.69) is 21.2 Å². The quantitative estimate of drug-likeness (QED) is 0.349. The maximum Gasteiger partial charge on any atom is 0.306 e. The summed E-state index contributed by atoms with van der Waals surface area (Å²) in [4.78, 5) is 60.3. The first-order chi connectivity index (χ1) is 23.0. The molecule has 0 aliphatic carbocycles. The van der Waals surface area contributed by atoms with Crippen LogP contribution in [0.2, 0.25) is 0 Å². The van der Waals surface area contributed by atoms with Crippen molar-refractivity contribution in [1.29, 1.82) is 0 Å². The number of ether oxygens (including phenoxy) is 2. The molecule has 10 nitrogen and oxygen atoms in total. The van der Waals surface area contributed by atoms with Gasteiger partial charge in [0.25, 0.3) is 5.91 Å². The summed E-state index contributed by atoms with van der Waals surface area (Å²) in [7, 11) is 0. The maximum atomic E-state index is 15.2. The number of esters is 1. The van der Waals surface area contributed by atoms with E-state index in [1.54, 1.807) is 11.0 Å². The molecule has 6 rings (SSSR count). The van der Waals surface area contributed by atoms with E-state index in [1.807, 2.05) is 88.4 Å². The average Bonchev–Trinajstić information content (AvgIpc) is 3.65. The van der Waals surface area contributed by atoms with E-state index < -0.39 is 59.5 Å². The van der Waals surface area contributed by atoms with Gasteiger partial charge in [0.2, 0.25) is 11.8 Å². The number of allylic oxidation sites excluding steroid dienone is 1. The van der Waals surface area contributed by atoms with Gasteiger partial charge in [-0.3, -0.25) is 19.2 Å². The van der Waals surface area contributed by atoms with Crippen molar-refractivity contribution >= 4 is 45.3 Å². The second-order valence-electron chi connectivity index (χ2n) is 13.4. The number of hydrogen-bond acceptors (Lipinski definition) is 7. The minimum absolute atomic E-state index is 0.0924. The maximum absolute atomic E-state index is 15.2. The number of carbonyl (C=O) groups excluding carboxylic acids is 4. The van der Waals surface area contributed by atoms with Crippen molar-refractivity contribution in [2.75, 3.05) is 24.7 Å². The Balaban J connectivity index is 1.51. The Morgan fingerprint density at radius 1 is 1.00 bits per heavy atom. The summed E-state index contributed by atoms with van der Waals surface area (Å²) in [6.07, 6.45) is 5.17. The standard InChI is InChI=1S/C37H42BrN3O7/c1-21(2)27(19-42)41-33-36(46)40(31-22(3)12-11-13-23(31)4)17-10-6-9-16-28(43)47-20-26(24-14-7-5-8-15-24)39-34(44)29-30(35(41)45)37(33)18-25(38)32(29)48-37/h5-8,10-15,18,21,26-27,29-30,32-33,42H,9,16-17,19-20H2,1-4H3,(H,39,44)/b10-6-/t26-,27+,29-,30+,32-,33-,37+/m1/s1. The smallest absolute Gasteiger partial charge is 0.306 e. The van der Waals surface area contributed by atoms with Crippen molar-refractivity contribution in [3.8, 4) is 0 Å². The lowest BCUT2D eigenvalue weighted by Gasteiger charge is -2.40. The van der Waals surface area contributed by atoms with Crippen LogP contribution in [0, 0.1) is 31.6 Å². The van der Waals surface area contributed by atoms with Crippen LogP contribution < -0.4 is 10.2 Å². The number of anilines is 1. The highest BCUT2D eigenvalue weighted by atomic mass is 79.9. The second-order valence-corrected chi connectivity index (χ2v) is 14.3. The number of nitrogens with one attached hydrogen (secondary N) is 1. The molecule has 0 radical (unpaired) electrons. The highest BCUT2D eigenvalue weighted by Gasteiger charge is 2.75. The Labute approximate surface area is 289 Å². The average molecular weight is 721 g/mol. The predicted molar refractivity (Wildman–Crippen MR) is 183 cm³/mol. The first kappa shape index (κ1) is 34.1. The van der Waals surface area contributed by atoms with Crippen molar-refractivity contribution in [2.45, 2.75) is 70.4 Å². The van der Waals surface area contributed by atoms with Gasteiger partial charge in [-0.1, -0.05) is 90.5 Å². The van der Waals surface area contributed by atoms with Gasteiger partial charge >= 0.3 is 5.97 Å². The molecular formula is C37H42BrN3O7. The molecule has 11 heteroatoms. The fourth-order valence-electron chi connectivity index (χ4n) is 7.80. The lowest BCUT2D eigenvalue weighted by atomic mass is 9.74. The van der Waals surface area contributed by atoms with E-state index in [0.29, 0.717) is 16.6 Å². The third-order valence-corrected chi connectivity index (χ3v) is 10.8. The minimum Gasteiger partial charge on any atom is -0.463 e. The van der Waals surface area contributed by atoms with E-state index in [-0.39, 0.29) is 38.0 Å². The van der Waals surface area contributed by atoms with Crippen LogP contribution in [0.25, 0.3) is 0 Å². The Bertz CT molecular complexity index is 1640. The highest BCUT2D eigenvalue weighted by molar-refractivity contribution is 9.11. The SMILES string of the molecule is Cc1cccc(C)c1N1C/C=C\CCC(=O)OC[C@H](c2ccccc2)NC(=O)[C@H]2[C@@H]3O[C@@]4(C=C3Br)[C@@H]2C(=O)N([C@@H](CO)C(C)C)[C@@H]4C1=O. The van der Waals surface area contributed by atoms with Gasteiger partial charge in [0.1, 0.15) is 24.4 Å². The molecule has 7 atom stereocenters. The van der Waals surface area contributed by atoms with Gasteiger partial charge in [-0.25, -0.2) is 0 Å². The van der Waals surface area contributed by atoms with Crippen LogP contribution in [-0.2, 0) is 28.7 Å². The van der Waals surface area contributed by atoms with E-state index in [9.17, 15) is 19.5 Å². The minimum atomic E-state index is -1.47. The van der Waals surface area contributed by atoms with E-state index in [1.165, 1.54) is 4.90 Å². The van der Waals surface area contributed by atoms with Gasteiger partial charge < -0.3 is 29.7 Å². The fraction of sp³-hybridized carbons (Fsp3) is 0.459. The van der Waals surface area contributed by atoms with Gasteiger partial charge in [-0.15, -0.1) is 0 Å². The first-order valence-electron chi connectivity index (χ1n) is 16.5. The van der Waals surface area contributed by atoms with Crippen molar-refractivity contribution in [3.63, 3.8) is 0 Å². The van der Waals surface area contributed by atoms with Crippen LogP contribution >= 0.6 is 15.9 Å². The number of carbonyl (C=O) groups is 4. The summed E-state index contributed by atoms with van der Waals surface area (Å²) in [5.74, 6) is -3.89. The molecular weight excluding hydrogens is 678 g/mol. The number of aliphatic hydroxyl groups is 1. The lowest BCUT2D eigenvalue weighted by Crippen LogP contribution is -2.59. The van der Waals surface area contributed by atoms with Crippen LogP contribution in [0.1, 0.15) is 49.4 Å². The molecule has 0 saturated carbocycles. The van der Waals surface area contributed by atoms with Crippen LogP contribution in [0.3, 0.4) is 0 Å². The van der Waals surface area contributed by atoms with Crippen LogP contribution in [0.15, 0.2) is 71.2 Å². The summed E-state index contributed by atoms with van der Waals surface area (Å²) < 4.78 is 12.9. The number of aliphatic hydroxyl groups excluding tert-OH is 1. The first-order valence-corrected chi connectivity index (χ1v) is 17.3. The molecule has 5 bridgehead atoms. The largest absolute Gasteiger partial charge is 0.463 e. The number of likely N-dealkylation sites (tertiary alicyclic amines) is 1. The number of halogens is 1. The topological polar surface area (TPSA) is 125 Å². The number of benzene rings is 2. The lowest BCUT2D eigenvalue weighted by molar-refractivity contribution is -0.147. The molecule has 2 N–H and O–H groups in total. The molecule has 254 valence electrons. The zero-order chi connectivity index (χ0) is 34.3. The number of cyclic esters (lactones) is 1. The molecule has 2 aromatic carbocycles.